The van der Waals surface area contributed by atoms with Gasteiger partial charge >= 0.3 is 5.97 Å². The van der Waals surface area contributed by atoms with Gasteiger partial charge in [-0.15, -0.1) is 0 Å². The Bertz CT molecular complexity index is 276. The lowest BCUT2D eigenvalue weighted by Crippen LogP contribution is -2.48. The fraction of sp³-hybridized carbons (Fsp3) is 0.929. The maximum Gasteiger partial charge on any atom is 0.320 e. The molecule has 0 aromatic carbocycles. The summed E-state index contributed by atoms with van der Waals surface area (Å²) in [4.78, 5) is 13.9. The Hall–Kier alpha value is -0.650. The average molecular weight is 272 g/mol. The molecule has 0 amide bonds. The van der Waals surface area contributed by atoms with Crippen LogP contribution in [0.1, 0.15) is 40.0 Å². The molecule has 0 spiro atoms. The first-order valence-corrected chi connectivity index (χ1v) is 7.19. The summed E-state index contributed by atoms with van der Waals surface area (Å²) in [6.45, 7) is 8.93. The summed E-state index contributed by atoms with van der Waals surface area (Å²) in [5.74, 6) is -0.150. The van der Waals surface area contributed by atoms with Crippen LogP contribution in [0.3, 0.4) is 0 Å². The van der Waals surface area contributed by atoms with E-state index in [-0.39, 0.29) is 12.6 Å². The van der Waals surface area contributed by atoms with E-state index in [2.05, 4.69) is 10.2 Å². The number of aliphatic hydroxyl groups is 1. The van der Waals surface area contributed by atoms with E-state index in [1.807, 2.05) is 20.8 Å². The Morgan fingerprint density at radius 1 is 1.47 bits per heavy atom. The molecule has 1 atom stereocenters. The van der Waals surface area contributed by atoms with Crippen molar-refractivity contribution in [3.63, 3.8) is 0 Å². The molecule has 1 fully saturated rings. The maximum atomic E-state index is 11.8. The van der Waals surface area contributed by atoms with E-state index < -0.39 is 5.60 Å². The number of nitrogens with zero attached hydrogens (tertiary/aromatic N) is 1. The number of nitrogens with one attached hydrogen (secondary N) is 1. The summed E-state index contributed by atoms with van der Waals surface area (Å²) < 4.78 is 5.34. The van der Waals surface area contributed by atoms with Crippen LogP contribution in [0.5, 0.6) is 0 Å². The first kappa shape index (κ1) is 16.4. The smallest absolute Gasteiger partial charge is 0.320 e. The van der Waals surface area contributed by atoms with Gasteiger partial charge in [-0.2, -0.15) is 0 Å². The van der Waals surface area contributed by atoms with Gasteiger partial charge in [0.05, 0.1) is 6.54 Å². The van der Waals surface area contributed by atoms with Gasteiger partial charge in [0.1, 0.15) is 5.60 Å². The molecule has 1 aliphatic heterocycles. The molecular weight excluding hydrogens is 244 g/mol. The van der Waals surface area contributed by atoms with Gasteiger partial charge in [-0.25, -0.2) is 0 Å². The van der Waals surface area contributed by atoms with Crippen molar-refractivity contribution in [1.82, 2.24) is 10.2 Å². The van der Waals surface area contributed by atoms with Crippen LogP contribution in [-0.2, 0) is 9.53 Å². The third-order valence-corrected chi connectivity index (χ3v) is 3.05. The van der Waals surface area contributed by atoms with Crippen LogP contribution in [0.25, 0.3) is 0 Å². The molecule has 0 saturated carbocycles. The highest BCUT2D eigenvalue weighted by Crippen LogP contribution is 2.12. The first-order valence-electron chi connectivity index (χ1n) is 7.19. The van der Waals surface area contributed by atoms with Gasteiger partial charge in [-0.05, 0) is 53.1 Å². The molecule has 1 aliphatic rings. The molecule has 0 aliphatic carbocycles. The number of esters is 1. The first-order chi connectivity index (χ1) is 8.90. The molecule has 112 valence electrons. The van der Waals surface area contributed by atoms with E-state index in [1.165, 1.54) is 0 Å². The molecule has 5 nitrogen and oxygen atoms in total. The Kier molecular flexibility index (Phi) is 6.75. The SMILES string of the molecule is CC(C)(C)OC(=O)CN1CCCC(NCCCO)C1. The van der Waals surface area contributed by atoms with Gasteiger partial charge in [-0.3, -0.25) is 9.69 Å². The topological polar surface area (TPSA) is 61.8 Å². The summed E-state index contributed by atoms with van der Waals surface area (Å²) >= 11 is 0. The van der Waals surface area contributed by atoms with Crippen molar-refractivity contribution >= 4 is 5.97 Å². The van der Waals surface area contributed by atoms with E-state index >= 15 is 0 Å². The van der Waals surface area contributed by atoms with Gasteiger partial charge in [0, 0.05) is 19.2 Å². The predicted molar refractivity (Wildman–Crippen MR) is 75.0 cm³/mol. The van der Waals surface area contributed by atoms with E-state index in [0.29, 0.717) is 12.6 Å². The minimum atomic E-state index is -0.411. The number of likely N-dealkylation sites (tertiary alicyclic amines) is 1. The van der Waals surface area contributed by atoms with Crippen LogP contribution in [0, 0.1) is 0 Å². The molecular formula is C14H28N2O3. The number of hydrogen-bond acceptors (Lipinski definition) is 5. The van der Waals surface area contributed by atoms with Gasteiger partial charge in [0.25, 0.3) is 0 Å². The van der Waals surface area contributed by atoms with E-state index in [1.54, 1.807) is 0 Å². The third-order valence-electron chi connectivity index (χ3n) is 3.05. The second-order valence-electron chi connectivity index (χ2n) is 6.19. The van der Waals surface area contributed by atoms with Gasteiger partial charge in [0.15, 0.2) is 0 Å². The van der Waals surface area contributed by atoms with Crippen LogP contribution in [0.15, 0.2) is 0 Å². The minimum absolute atomic E-state index is 0.150. The summed E-state index contributed by atoms with van der Waals surface area (Å²) in [6, 6.07) is 0.419. The van der Waals surface area contributed by atoms with Crippen molar-refractivity contribution in [2.24, 2.45) is 0 Å². The minimum Gasteiger partial charge on any atom is -0.459 e. The lowest BCUT2D eigenvalue weighted by Gasteiger charge is -2.33. The monoisotopic (exact) mass is 272 g/mol. The van der Waals surface area contributed by atoms with Crippen LogP contribution >= 0.6 is 0 Å². The second-order valence-corrected chi connectivity index (χ2v) is 6.19. The van der Waals surface area contributed by atoms with Crippen LogP contribution in [0.2, 0.25) is 0 Å². The quantitative estimate of drug-likeness (QED) is 0.552. The molecule has 0 aromatic heterocycles. The van der Waals surface area contributed by atoms with Crippen molar-refractivity contribution in [2.75, 3.05) is 32.8 Å². The zero-order chi connectivity index (χ0) is 14.3. The van der Waals surface area contributed by atoms with Crippen LogP contribution in [-0.4, -0.2) is 60.4 Å². The highest BCUT2D eigenvalue weighted by atomic mass is 16.6. The highest BCUT2D eigenvalue weighted by Gasteiger charge is 2.23. The number of ether oxygens (including phenoxy) is 1. The number of hydrogen-bond donors (Lipinski definition) is 2. The van der Waals surface area contributed by atoms with E-state index in [9.17, 15) is 4.79 Å². The summed E-state index contributed by atoms with van der Waals surface area (Å²) in [7, 11) is 0. The molecule has 19 heavy (non-hydrogen) atoms. The number of aliphatic hydroxyl groups excluding tert-OH is 1. The van der Waals surface area contributed by atoms with Crippen molar-refractivity contribution in [3.05, 3.63) is 0 Å². The fourth-order valence-corrected chi connectivity index (χ4v) is 2.31. The van der Waals surface area contributed by atoms with Gasteiger partial charge in [0.2, 0.25) is 0 Å². The average Bonchev–Trinajstić information content (AvgIpc) is 2.27. The second kappa shape index (κ2) is 7.82. The Morgan fingerprint density at radius 3 is 2.84 bits per heavy atom. The highest BCUT2D eigenvalue weighted by molar-refractivity contribution is 5.72. The van der Waals surface area contributed by atoms with Gasteiger partial charge < -0.3 is 15.2 Å². The Morgan fingerprint density at radius 2 is 2.21 bits per heavy atom. The molecule has 1 rings (SSSR count). The lowest BCUT2D eigenvalue weighted by molar-refractivity contribution is -0.156. The predicted octanol–water partition coefficient (Wildman–Crippen LogP) is 0.765. The zero-order valence-electron chi connectivity index (χ0n) is 12.4. The summed E-state index contributed by atoms with van der Waals surface area (Å²) in [6.07, 6.45) is 3.01. The standard InChI is InChI=1S/C14H28N2O3/c1-14(2,3)19-13(18)11-16-8-4-6-12(10-16)15-7-5-9-17/h12,15,17H,4-11H2,1-3H3. The van der Waals surface area contributed by atoms with Crippen LogP contribution in [0.4, 0.5) is 0 Å². The summed E-state index contributed by atoms with van der Waals surface area (Å²) in [5.41, 5.74) is -0.411. The van der Waals surface area contributed by atoms with Crippen LogP contribution < -0.4 is 5.32 Å². The summed E-state index contributed by atoms with van der Waals surface area (Å²) in [5, 5.41) is 12.2. The Balaban J connectivity index is 2.28. The van der Waals surface area contributed by atoms with Crippen molar-refractivity contribution in [1.29, 1.82) is 0 Å². The zero-order valence-corrected chi connectivity index (χ0v) is 12.4. The molecule has 1 saturated heterocycles. The number of rotatable bonds is 6. The Labute approximate surface area is 116 Å². The van der Waals surface area contributed by atoms with Crippen molar-refractivity contribution in [2.45, 2.75) is 51.7 Å². The largest absolute Gasteiger partial charge is 0.459 e. The van der Waals surface area contributed by atoms with E-state index in [4.69, 9.17) is 9.84 Å². The number of piperidine rings is 1. The van der Waals surface area contributed by atoms with Crippen molar-refractivity contribution in [3.8, 4) is 0 Å². The molecule has 2 N–H and O–H groups in total. The van der Waals surface area contributed by atoms with Gasteiger partial charge in [-0.1, -0.05) is 0 Å². The molecule has 1 unspecified atom stereocenters. The number of carbonyl (C=O) groups is 1. The lowest BCUT2D eigenvalue weighted by atomic mass is 10.1. The molecule has 1 heterocycles. The fourth-order valence-electron chi connectivity index (χ4n) is 2.31. The normalized spacial score (nSPS) is 21.4. The van der Waals surface area contributed by atoms with E-state index in [0.717, 1.165) is 38.9 Å². The molecule has 0 aromatic rings. The maximum absolute atomic E-state index is 11.8. The molecule has 0 radical (unpaired) electrons. The molecule has 5 heteroatoms. The number of carbonyl (C=O) groups excluding carboxylic acids is 1. The third kappa shape index (κ3) is 7.50. The van der Waals surface area contributed by atoms with Crippen molar-refractivity contribution < 1.29 is 14.6 Å². The molecule has 0 bridgehead atoms.